The van der Waals surface area contributed by atoms with Gasteiger partial charge in [-0.15, -0.1) is 0 Å². The van der Waals surface area contributed by atoms with Crippen molar-refractivity contribution in [3.05, 3.63) is 77.9 Å². The maximum absolute atomic E-state index is 12.4. The van der Waals surface area contributed by atoms with Crippen LogP contribution in [0, 0.1) is 0 Å². The minimum atomic E-state index is 0.00361. The molecule has 0 spiro atoms. The largest absolute Gasteiger partial charge is 0.492 e. The molecule has 1 N–H and O–H groups in total. The first-order chi connectivity index (χ1) is 16.1. The Bertz CT molecular complexity index is 1050. The van der Waals surface area contributed by atoms with Gasteiger partial charge in [-0.3, -0.25) is 14.6 Å². The fourth-order valence-electron chi connectivity index (χ4n) is 4.65. The Labute approximate surface area is 197 Å². The van der Waals surface area contributed by atoms with Crippen LogP contribution in [-0.4, -0.2) is 55.5 Å². The van der Waals surface area contributed by atoms with Crippen LogP contribution in [-0.2, 0) is 17.9 Å². The summed E-state index contributed by atoms with van der Waals surface area (Å²) in [4.78, 5) is 16.8. The normalized spacial score (nSPS) is 16.8. The van der Waals surface area contributed by atoms with Gasteiger partial charge in [0.25, 0.3) is 0 Å². The summed E-state index contributed by atoms with van der Waals surface area (Å²) in [5.41, 5.74) is 2.59. The molecule has 1 atom stereocenters. The highest BCUT2D eigenvalue weighted by Gasteiger charge is 2.25. The van der Waals surface area contributed by atoms with E-state index in [0.29, 0.717) is 13.2 Å². The minimum absolute atomic E-state index is 0.00361. The van der Waals surface area contributed by atoms with E-state index < -0.39 is 0 Å². The van der Waals surface area contributed by atoms with Crippen LogP contribution in [0.5, 0.6) is 5.75 Å². The molecule has 3 aromatic carbocycles. The molecule has 0 saturated carbocycles. The molecule has 1 amide bonds. The molecule has 0 aliphatic carbocycles. The molecular formula is C28H35N3O2. The number of carbonyl (C=O) groups is 1. The second-order valence-electron chi connectivity index (χ2n) is 9.09. The molecular weight excluding hydrogens is 410 g/mol. The van der Waals surface area contributed by atoms with Gasteiger partial charge in [-0.05, 0) is 67.5 Å². The molecule has 5 heteroatoms. The van der Waals surface area contributed by atoms with Crippen LogP contribution in [0.3, 0.4) is 0 Å². The monoisotopic (exact) mass is 445 g/mol. The van der Waals surface area contributed by atoms with Crippen molar-refractivity contribution in [2.45, 2.75) is 38.4 Å². The maximum Gasteiger partial charge on any atom is 0.237 e. The average Bonchev–Trinajstić information content (AvgIpc) is 2.83. The van der Waals surface area contributed by atoms with E-state index in [1.807, 2.05) is 19.2 Å². The Balaban J connectivity index is 1.21. The van der Waals surface area contributed by atoms with Crippen LogP contribution in [0.15, 0.2) is 66.7 Å². The molecule has 0 radical (unpaired) electrons. The smallest absolute Gasteiger partial charge is 0.237 e. The van der Waals surface area contributed by atoms with E-state index >= 15 is 0 Å². The van der Waals surface area contributed by atoms with Crippen molar-refractivity contribution in [1.29, 1.82) is 0 Å². The zero-order valence-corrected chi connectivity index (χ0v) is 19.8. The van der Waals surface area contributed by atoms with Crippen molar-refractivity contribution in [2.75, 3.05) is 33.8 Å². The number of piperidine rings is 1. The van der Waals surface area contributed by atoms with Gasteiger partial charge in [0.15, 0.2) is 0 Å². The summed E-state index contributed by atoms with van der Waals surface area (Å²) in [5, 5.41) is 5.62. The number of amides is 1. The van der Waals surface area contributed by atoms with Crippen LogP contribution in [0.4, 0.5) is 0 Å². The number of hydrogen-bond acceptors (Lipinski definition) is 4. The van der Waals surface area contributed by atoms with Crippen LogP contribution >= 0.6 is 0 Å². The number of carbonyl (C=O) groups excluding carboxylic acids is 1. The fraction of sp³-hybridized carbons (Fsp3) is 0.393. The molecule has 0 aromatic heterocycles. The third kappa shape index (κ3) is 6.34. The number of ether oxygens (including phenoxy) is 1. The Morgan fingerprint density at radius 2 is 1.82 bits per heavy atom. The molecule has 1 fully saturated rings. The molecule has 1 aliphatic heterocycles. The van der Waals surface area contributed by atoms with Crippen molar-refractivity contribution in [3.8, 4) is 5.75 Å². The first-order valence-corrected chi connectivity index (χ1v) is 11.9. The van der Waals surface area contributed by atoms with Gasteiger partial charge in [-0.1, -0.05) is 61.0 Å². The first-order valence-electron chi connectivity index (χ1n) is 11.9. The molecule has 1 heterocycles. The number of fused-ring (bicyclic) bond motifs is 1. The van der Waals surface area contributed by atoms with Crippen molar-refractivity contribution < 1.29 is 9.53 Å². The van der Waals surface area contributed by atoms with Crippen molar-refractivity contribution >= 4 is 16.7 Å². The Morgan fingerprint density at radius 1 is 1.03 bits per heavy atom. The Morgan fingerprint density at radius 3 is 2.64 bits per heavy atom. The standard InChI is InChI=1S/C28H35N3O2/c1-30(21-24-10-7-9-23-8-3-4-11-26(23)24)20-22-13-15-25(16-14-22)33-19-17-29-28(32)27-12-5-6-18-31(27)2/h3-4,7-11,13-16,27H,5-6,12,17-21H2,1-2H3,(H,29,32). The van der Waals surface area contributed by atoms with E-state index in [0.717, 1.165) is 38.2 Å². The molecule has 33 heavy (non-hydrogen) atoms. The molecule has 174 valence electrons. The first kappa shape index (κ1) is 23.3. The zero-order valence-electron chi connectivity index (χ0n) is 19.8. The second-order valence-corrected chi connectivity index (χ2v) is 9.09. The van der Waals surface area contributed by atoms with Crippen LogP contribution < -0.4 is 10.1 Å². The van der Waals surface area contributed by atoms with Gasteiger partial charge >= 0.3 is 0 Å². The van der Waals surface area contributed by atoms with E-state index in [9.17, 15) is 4.79 Å². The van der Waals surface area contributed by atoms with Crippen molar-refractivity contribution in [3.63, 3.8) is 0 Å². The molecule has 1 aliphatic rings. The molecule has 3 aromatic rings. The van der Waals surface area contributed by atoms with Crippen molar-refractivity contribution in [1.82, 2.24) is 15.1 Å². The highest BCUT2D eigenvalue weighted by atomic mass is 16.5. The number of nitrogens with zero attached hydrogens (tertiary/aromatic N) is 2. The summed E-state index contributed by atoms with van der Waals surface area (Å²) in [7, 11) is 4.18. The number of rotatable bonds is 9. The number of likely N-dealkylation sites (tertiary alicyclic amines) is 1. The fourth-order valence-corrected chi connectivity index (χ4v) is 4.65. The van der Waals surface area contributed by atoms with Gasteiger partial charge in [0, 0.05) is 13.1 Å². The number of benzene rings is 3. The SMILES string of the molecule is CN(Cc1ccc(OCCNC(=O)C2CCCCN2C)cc1)Cc1cccc2ccccc12. The van der Waals surface area contributed by atoms with Gasteiger partial charge in [0.1, 0.15) is 12.4 Å². The van der Waals surface area contributed by atoms with E-state index in [2.05, 4.69) is 76.8 Å². The lowest BCUT2D eigenvalue weighted by molar-refractivity contribution is -0.127. The predicted octanol–water partition coefficient (Wildman–Crippen LogP) is 4.45. The summed E-state index contributed by atoms with van der Waals surface area (Å²) in [5.74, 6) is 0.949. The third-order valence-electron chi connectivity index (χ3n) is 6.44. The topological polar surface area (TPSA) is 44.8 Å². The van der Waals surface area contributed by atoms with E-state index in [-0.39, 0.29) is 11.9 Å². The summed E-state index contributed by atoms with van der Waals surface area (Å²) in [6.45, 7) is 3.77. The van der Waals surface area contributed by atoms with Crippen LogP contribution in [0.1, 0.15) is 30.4 Å². The van der Waals surface area contributed by atoms with Gasteiger partial charge < -0.3 is 10.1 Å². The summed E-state index contributed by atoms with van der Waals surface area (Å²) >= 11 is 0. The number of likely N-dealkylation sites (N-methyl/N-ethyl adjacent to an activating group) is 1. The lowest BCUT2D eigenvalue weighted by Gasteiger charge is -2.31. The van der Waals surface area contributed by atoms with Crippen molar-refractivity contribution in [2.24, 2.45) is 0 Å². The Hall–Kier alpha value is -2.89. The van der Waals surface area contributed by atoms with Crippen LogP contribution in [0.25, 0.3) is 10.8 Å². The quantitative estimate of drug-likeness (QED) is 0.494. The minimum Gasteiger partial charge on any atom is -0.492 e. The third-order valence-corrected chi connectivity index (χ3v) is 6.44. The molecule has 1 unspecified atom stereocenters. The lowest BCUT2D eigenvalue weighted by Crippen LogP contribution is -2.48. The second kappa shape index (κ2) is 11.3. The summed E-state index contributed by atoms with van der Waals surface area (Å²) < 4.78 is 5.83. The average molecular weight is 446 g/mol. The molecule has 5 nitrogen and oxygen atoms in total. The van der Waals surface area contributed by atoms with E-state index in [1.165, 1.54) is 28.3 Å². The predicted molar refractivity (Wildman–Crippen MR) is 134 cm³/mol. The highest BCUT2D eigenvalue weighted by Crippen LogP contribution is 2.21. The van der Waals surface area contributed by atoms with Crippen LogP contribution in [0.2, 0.25) is 0 Å². The highest BCUT2D eigenvalue weighted by molar-refractivity contribution is 5.85. The van der Waals surface area contributed by atoms with Gasteiger partial charge in [-0.25, -0.2) is 0 Å². The number of hydrogen-bond donors (Lipinski definition) is 1. The number of nitrogens with one attached hydrogen (secondary N) is 1. The van der Waals surface area contributed by atoms with Gasteiger partial charge in [-0.2, -0.15) is 0 Å². The van der Waals surface area contributed by atoms with E-state index in [4.69, 9.17) is 4.74 Å². The summed E-state index contributed by atoms with van der Waals surface area (Å²) in [6.07, 6.45) is 3.25. The maximum atomic E-state index is 12.4. The lowest BCUT2D eigenvalue weighted by atomic mass is 10.0. The molecule has 1 saturated heterocycles. The molecule has 4 rings (SSSR count). The molecule has 0 bridgehead atoms. The van der Waals surface area contributed by atoms with E-state index in [1.54, 1.807) is 0 Å². The Kier molecular flexibility index (Phi) is 7.97. The van der Waals surface area contributed by atoms with Gasteiger partial charge in [0.2, 0.25) is 5.91 Å². The zero-order chi connectivity index (χ0) is 23.0. The summed E-state index contributed by atoms with van der Waals surface area (Å²) in [6, 6.07) is 23.3. The van der Waals surface area contributed by atoms with Gasteiger partial charge in [0.05, 0.1) is 12.6 Å².